The van der Waals surface area contributed by atoms with Crippen LogP contribution in [0.1, 0.15) is 40.5 Å². The van der Waals surface area contributed by atoms with Crippen LogP contribution in [0.3, 0.4) is 0 Å². The molecule has 0 aliphatic carbocycles. The van der Waals surface area contributed by atoms with Gasteiger partial charge in [0.1, 0.15) is 0 Å². The Labute approximate surface area is 64.6 Å². The van der Waals surface area contributed by atoms with Gasteiger partial charge in [-0.15, -0.1) is 0 Å². The molecule has 0 N–H and O–H groups in total. The Morgan fingerprint density at radius 3 is 2.20 bits per heavy atom. The first kappa shape index (κ1) is 9.48. The molecule has 0 heteroatoms. The van der Waals surface area contributed by atoms with Crippen molar-refractivity contribution >= 4 is 0 Å². The second-order valence-corrected chi connectivity index (χ2v) is 2.70. The van der Waals surface area contributed by atoms with Crippen LogP contribution in [0.4, 0.5) is 0 Å². The van der Waals surface area contributed by atoms with E-state index in [0.29, 0.717) is 0 Å². The zero-order chi connectivity index (χ0) is 7.98. The van der Waals surface area contributed by atoms with Gasteiger partial charge in [0.05, 0.1) is 0 Å². The van der Waals surface area contributed by atoms with Crippen LogP contribution < -0.4 is 0 Å². The van der Waals surface area contributed by atoms with Gasteiger partial charge in [0, 0.05) is 0 Å². The summed E-state index contributed by atoms with van der Waals surface area (Å²) in [5.74, 6) is 0. The van der Waals surface area contributed by atoms with Gasteiger partial charge in [0.15, 0.2) is 0 Å². The molecule has 0 nitrogen and oxygen atoms in total. The van der Waals surface area contributed by atoms with Crippen molar-refractivity contribution in [1.29, 1.82) is 0 Å². The van der Waals surface area contributed by atoms with Gasteiger partial charge < -0.3 is 0 Å². The summed E-state index contributed by atoms with van der Waals surface area (Å²) in [6.07, 6.45) is 6.80. The third-order valence-electron chi connectivity index (χ3n) is 1.56. The molecule has 0 amide bonds. The fourth-order valence-corrected chi connectivity index (χ4v) is 0.872. The lowest BCUT2D eigenvalue weighted by Gasteiger charge is -1.94. The monoisotopic (exact) mass is 138 g/mol. The Hall–Kier alpha value is -0.520. The van der Waals surface area contributed by atoms with E-state index in [-0.39, 0.29) is 0 Å². The molecule has 10 heavy (non-hydrogen) atoms. The van der Waals surface area contributed by atoms with E-state index in [0.717, 1.165) is 12.8 Å². The maximum atomic E-state index is 2.25. The first-order valence-electron chi connectivity index (χ1n) is 4.04. The van der Waals surface area contributed by atoms with Gasteiger partial charge in [-0.05, 0) is 26.7 Å². The zero-order valence-corrected chi connectivity index (χ0v) is 7.57. The molecule has 0 unspecified atom stereocenters. The lowest BCUT2D eigenvalue weighted by atomic mass is 10.1. The molecular formula is C10H18. The first-order chi connectivity index (χ1) is 4.70. The van der Waals surface area contributed by atoms with Crippen molar-refractivity contribution in [3.05, 3.63) is 23.3 Å². The molecule has 58 valence electrons. The van der Waals surface area contributed by atoms with E-state index >= 15 is 0 Å². The van der Waals surface area contributed by atoms with Crippen LogP contribution in [0.25, 0.3) is 0 Å². The normalized spacial score (nSPS) is 14.0. The van der Waals surface area contributed by atoms with Crippen LogP contribution in [0.15, 0.2) is 23.3 Å². The van der Waals surface area contributed by atoms with Gasteiger partial charge in [-0.3, -0.25) is 0 Å². The second kappa shape index (κ2) is 5.28. The molecule has 0 aromatic rings. The van der Waals surface area contributed by atoms with E-state index in [4.69, 9.17) is 0 Å². The van der Waals surface area contributed by atoms with Crippen LogP contribution in [0.5, 0.6) is 0 Å². The van der Waals surface area contributed by atoms with Crippen LogP contribution in [0, 0.1) is 0 Å². The predicted molar refractivity (Wildman–Crippen MR) is 48.1 cm³/mol. The highest BCUT2D eigenvalue weighted by atomic mass is 13.9. The summed E-state index contributed by atoms with van der Waals surface area (Å²) in [6, 6.07) is 0. The molecule has 0 atom stereocenters. The smallest absolute Gasteiger partial charge is 0.0348 e. The summed E-state index contributed by atoms with van der Waals surface area (Å²) in [5.41, 5.74) is 2.85. The maximum Gasteiger partial charge on any atom is -0.0348 e. The van der Waals surface area contributed by atoms with Crippen LogP contribution in [-0.4, -0.2) is 0 Å². The minimum Gasteiger partial charge on any atom is -0.0819 e. The van der Waals surface area contributed by atoms with E-state index in [1.54, 1.807) is 0 Å². The molecule has 0 saturated heterocycles. The fraction of sp³-hybridized carbons (Fsp3) is 0.600. The third kappa shape index (κ3) is 4.37. The molecule has 0 fully saturated rings. The zero-order valence-electron chi connectivity index (χ0n) is 7.57. The molecule has 0 saturated carbocycles. The predicted octanol–water partition coefficient (Wildman–Crippen LogP) is 3.70. The van der Waals surface area contributed by atoms with E-state index in [1.165, 1.54) is 11.1 Å². The maximum absolute atomic E-state index is 2.25. The van der Waals surface area contributed by atoms with Crippen LogP contribution in [0.2, 0.25) is 0 Å². The average molecular weight is 138 g/mol. The average Bonchev–Trinajstić information content (AvgIpc) is 1.88. The van der Waals surface area contributed by atoms with E-state index < -0.39 is 0 Å². The van der Waals surface area contributed by atoms with Crippen molar-refractivity contribution in [2.75, 3.05) is 0 Å². The van der Waals surface area contributed by atoms with Crippen molar-refractivity contribution in [2.45, 2.75) is 40.5 Å². The Bertz CT molecular complexity index is 138. The summed E-state index contributed by atoms with van der Waals surface area (Å²) < 4.78 is 0. The van der Waals surface area contributed by atoms with Gasteiger partial charge in [-0.1, -0.05) is 37.1 Å². The summed E-state index contributed by atoms with van der Waals surface area (Å²) in [7, 11) is 0. The molecule has 0 spiro atoms. The van der Waals surface area contributed by atoms with Crippen LogP contribution in [-0.2, 0) is 0 Å². The van der Waals surface area contributed by atoms with Crippen molar-refractivity contribution < 1.29 is 0 Å². The largest absolute Gasteiger partial charge is 0.0819 e. The molecule has 0 radical (unpaired) electrons. The number of hydrogen-bond acceptors (Lipinski definition) is 0. The minimum atomic E-state index is 1.14. The summed E-state index contributed by atoms with van der Waals surface area (Å²) in [5, 5.41) is 0. The summed E-state index contributed by atoms with van der Waals surface area (Å²) in [4.78, 5) is 0. The standard InChI is InChI=1S/C10H18/c1-5-7-10(4)8-9(3)6-2/h7-8H,5-6H2,1-4H3/b9-8-,10-7-. The van der Waals surface area contributed by atoms with Crippen molar-refractivity contribution in [2.24, 2.45) is 0 Å². The topological polar surface area (TPSA) is 0 Å². The van der Waals surface area contributed by atoms with Gasteiger partial charge in [0.2, 0.25) is 0 Å². The van der Waals surface area contributed by atoms with Gasteiger partial charge in [0.25, 0.3) is 0 Å². The molecule has 0 aliphatic rings. The Morgan fingerprint density at radius 2 is 1.80 bits per heavy atom. The van der Waals surface area contributed by atoms with Crippen molar-refractivity contribution in [3.8, 4) is 0 Å². The van der Waals surface area contributed by atoms with Gasteiger partial charge in [-0.25, -0.2) is 0 Å². The highest BCUT2D eigenvalue weighted by Gasteiger charge is 1.84. The lowest BCUT2D eigenvalue weighted by molar-refractivity contribution is 1.09. The van der Waals surface area contributed by atoms with Crippen LogP contribution >= 0.6 is 0 Å². The SMILES string of the molecule is CC/C=C(C)\C=C(\C)CC. The number of hydrogen-bond donors (Lipinski definition) is 0. The van der Waals surface area contributed by atoms with E-state index in [9.17, 15) is 0 Å². The van der Waals surface area contributed by atoms with E-state index in [1.807, 2.05) is 0 Å². The quantitative estimate of drug-likeness (QED) is 0.522. The Morgan fingerprint density at radius 1 is 1.20 bits per heavy atom. The number of allylic oxidation sites excluding steroid dienone is 4. The molecule has 0 bridgehead atoms. The second-order valence-electron chi connectivity index (χ2n) is 2.70. The first-order valence-corrected chi connectivity index (χ1v) is 4.04. The molecule has 0 aromatic heterocycles. The fourth-order valence-electron chi connectivity index (χ4n) is 0.872. The molecule has 0 heterocycles. The van der Waals surface area contributed by atoms with Gasteiger partial charge >= 0.3 is 0 Å². The summed E-state index contributed by atoms with van der Waals surface area (Å²) >= 11 is 0. The highest BCUT2D eigenvalue weighted by Crippen LogP contribution is 2.04. The lowest BCUT2D eigenvalue weighted by Crippen LogP contribution is -1.73. The Balaban J connectivity index is 3.98. The Kier molecular flexibility index (Phi) is 5.00. The van der Waals surface area contributed by atoms with Gasteiger partial charge in [-0.2, -0.15) is 0 Å². The molecule has 0 rings (SSSR count). The van der Waals surface area contributed by atoms with E-state index in [2.05, 4.69) is 39.8 Å². The van der Waals surface area contributed by atoms with Crippen molar-refractivity contribution in [1.82, 2.24) is 0 Å². The van der Waals surface area contributed by atoms with Crippen molar-refractivity contribution in [3.63, 3.8) is 0 Å². The molecule has 0 aliphatic heterocycles. The highest BCUT2D eigenvalue weighted by molar-refractivity contribution is 5.19. The number of rotatable bonds is 3. The molecule has 0 aromatic carbocycles. The third-order valence-corrected chi connectivity index (χ3v) is 1.56. The molecular weight excluding hydrogens is 120 g/mol. The summed E-state index contributed by atoms with van der Waals surface area (Å²) in [6.45, 7) is 8.68. The minimum absolute atomic E-state index is 1.14.